The molecule has 3 aliphatic rings. The standard InChI is InChI=1S/C19H24N6O2S/c26-17-15-16(19(25-17)6-2-1-3-7-19)24-18(28-15)23-14-9-13(20-11-21-14)22-12-5-4-8-27-10-12/h9,11-12H,1-8,10H2,(H,25,26)(H2,20,21,22,23,24)/t12-/m0/s1. The van der Waals surface area contributed by atoms with E-state index < -0.39 is 0 Å². The van der Waals surface area contributed by atoms with Gasteiger partial charge in [0, 0.05) is 12.7 Å². The third kappa shape index (κ3) is 3.33. The minimum Gasteiger partial charge on any atom is -0.379 e. The van der Waals surface area contributed by atoms with Crippen molar-refractivity contribution in [2.75, 3.05) is 23.8 Å². The fourth-order valence-electron chi connectivity index (χ4n) is 4.38. The summed E-state index contributed by atoms with van der Waals surface area (Å²) >= 11 is 1.40. The number of ether oxygens (including phenoxy) is 1. The van der Waals surface area contributed by atoms with E-state index in [1.54, 1.807) is 0 Å². The van der Waals surface area contributed by atoms with Gasteiger partial charge in [0.05, 0.1) is 23.9 Å². The lowest BCUT2D eigenvalue weighted by atomic mass is 9.81. The molecule has 1 saturated carbocycles. The fourth-order valence-corrected chi connectivity index (χ4v) is 5.35. The van der Waals surface area contributed by atoms with Gasteiger partial charge in [-0.15, -0.1) is 0 Å². The number of nitrogens with zero attached hydrogens (tertiary/aromatic N) is 3. The molecule has 1 spiro atoms. The molecule has 3 N–H and O–H groups in total. The topological polar surface area (TPSA) is 101 Å². The van der Waals surface area contributed by atoms with Crippen LogP contribution in [0.1, 0.15) is 60.3 Å². The molecule has 5 rings (SSSR count). The number of thiazole rings is 1. The number of fused-ring (bicyclic) bond motifs is 2. The van der Waals surface area contributed by atoms with Gasteiger partial charge in [-0.1, -0.05) is 30.6 Å². The number of carbonyl (C=O) groups is 1. The van der Waals surface area contributed by atoms with Crippen molar-refractivity contribution in [2.45, 2.75) is 56.5 Å². The number of amides is 1. The van der Waals surface area contributed by atoms with E-state index in [-0.39, 0.29) is 17.5 Å². The van der Waals surface area contributed by atoms with Crippen LogP contribution in [0.2, 0.25) is 0 Å². The van der Waals surface area contributed by atoms with Gasteiger partial charge in [0.2, 0.25) is 0 Å². The number of hydrogen-bond acceptors (Lipinski definition) is 8. The Labute approximate surface area is 167 Å². The highest BCUT2D eigenvalue weighted by molar-refractivity contribution is 7.17. The number of anilines is 3. The molecule has 0 aromatic carbocycles. The summed E-state index contributed by atoms with van der Waals surface area (Å²) in [6, 6.07) is 2.15. The molecule has 0 bridgehead atoms. The SMILES string of the molecule is O=C1NC2(CCCCC2)c2nc(Nc3cc(N[C@H]4CCCOC4)ncn3)sc21. The Hall–Kier alpha value is -2.26. The minimum absolute atomic E-state index is 0.00444. The van der Waals surface area contributed by atoms with Gasteiger partial charge in [-0.05, 0) is 25.7 Å². The molecule has 28 heavy (non-hydrogen) atoms. The number of aromatic nitrogens is 3. The van der Waals surface area contributed by atoms with Crippen molar-refractivity contribution in [3.63, 3.8) is 0 Å². The third-order valence-electron chi connectivity index (χ3n) is 5.76. The minimum atomic E-state index is -0.263. The maximum Gasteiger partial charge on any atom is 0.264 e. The van der Waals surface area contributed by atoms with Crippen LogP contribution in [0.15, 0.2) is 12.4 Å². The summed E-state index contributed by atoms with van der Waals surface area (Å²) in [5, 5.41) is 10.6. The lowest BCUT2D eigenvalue weighted by molar-refractivity contribution is 0.0875. The molecule has 8 nitrogen and oxygen atoms in total. The predicted molar refractivity (Wildman–Crippen MR) is 107 cm³/mol. The van der Waals surface area contributed by atoms with Gasteiger partial charge >= 0.3 is 0 Å². The van der Waals surface area contributed by atoms with Crippen molar-refractivity contribution in [3.8, 4) is 0 Å². The van der Waals surface area contributed by atoms with E-state index in [0.717, 1.165) is 61.5 Å². The molecule has 4 heterocycles. The van der Waals surface area contributed by atoms with Crippen LogP contribution in [0.4, 0.5) is 16.8 Å². The van der Waals surface area contributed by atoms with E-state index in [4.69, 9.17) is 9.72 Å². The molecule has 2 aromatic heterocycles. The van der Waals surface area contributed by atoms with Crippen LogP contribution in [-0.4, -0.2) is 40.1 Å². The van der Waals surface area contributed by atoms with Crippen LogP contribution in [0.5, 0.6) is 0 Å². The number of hydrogen-bond donors (Lipinski definition) is 3. The fraction of sp³-hybridized carbons (Fsp3) is 0.579. The van der Waals surface area contributed by atoms with E-state index in [1.165, 1.54) is 24.1 Å². The van der Waals surface area contributed by atoms with Crippen LogP contribution in [0, 0.1) is 0 Å². The highest BCUT2D eigenvalue weighted by Crippen LogP contribution is 2.45. The Morgan fingerprint density at radius 1 is 1.18 bits per heavy atom. The van der Waals surface area contributed by atoms with Crippen molar-refractivity contribution < 1.29 is 9.53 Å². The van der Waals surface area contributed by atoms with E-state index in [1.807, 2.05) is 6.07 Å². The predicted octanol–water partition coefficient (Wildman–Crippen LogP) is 3.17. The molecule has 1 atom stereocenters. The first-order valence-corrected chi connectivity index (χ1v) is 10.8. The Morgan fingerprint density at radius 3 is 2.86 bits per heavy atom. The van der Waals surface area contributed by atoms with Crippen molar-refractivity contribution in [1.29, 1.82) is 0 Å². The van der Waals surface area contributed by atoms with Gasteiger partial charge < -0.3 is 20.7 Å². The van der Waals surface area contributed by atoms with E-state index in [9.17, 15) is 4.79 Å². The zero-order valence-electron chi connectivity index (χ0n) is 15.7. The first-order valence-electron chi connectivity index (χ1n) is 9.99. The van der Waals surface area contributed by atoms with E-state index >= 15 is 0 Å². The lowest BCUT2D eigenvalue weighted by Crippen LogP contribution is -2.41. The summed E-state index contributed by atoms with van der Waals surface area (Å²) < 4.78 is 5.51. The second-order valence-electron chi connectivity index (χ2n) is 7.77. The first-order chi connectivity index (χ1) is 13.7. The van der Waals surface area contributed by atoms with Crippen molar-refractivity contribution >= 4 is 34.0 Å². The maximum absolute atomic E-state index is 12.5. The summed E-state index contributed by atoms with van der Waals surface area (Å²) in [5.74, 6) is 1.43. The number of carbonyl (C=O) groups excluding carboxylic acids is 1. The summed E-state index contributed by atoms with van der Waals surface area (Å²) in [6.07, 6.45) is 9.10. The Balaban J connectivity index is 1.33. The molecule has 2 fully saturated rings. The van der Waals surface area contributed by atoms with E-state index in [0.29, 0.717) is 17.6 Å². The Kier molecular flexibility index (Phi) is 4.64. The second kappa shape index (κ2) is 7.29. The Morgan fingerprint density at radius 2 is 2.04 bits per heavy atom. The smallest absolute Gasteiger partial charge is 0.264 e. The van der Waals surface area contributed by atoms with E-state index in [2.05, 4.69) is 25.9 Å². The van der Waals surface area contributed by atoms with Crippen molar-refractivity contribution in [2.24, 2.45) is 0 Å². The first kappa shape index (κ1) is 17.8. The quantitative estimate of drug-likeness (QED) is 0.725. The Bertz CT molecular complexity index is 873. The molecule has 0 radical (unpaired) electrons. The van der Waals surface area contributed by atoms with Gasteiger partial charge in [-0.25, -0.2) is 15.0 Å². The molecule has 1 aliphatic carbocycles. The molecule has 0 unspecified atom stereocenters. The zero-order chi connectivity index (χ0) is 19.0. The lowest BCUT2D eigenvalue weighted by Gasteiger charge is -2.32. The molecular weight excluding hydrogens is 376 g/mol. The number of nitrogens with one attached hydrogen (secondary N) is 3. The highest BCUT2D eigenvalue weighted by Gasteiger charge is 2.46. The molecule has 2 aliphatic heterocycles. The molecule has 2 aromatic rings. The average molecular weight is 401 g/mol. The van der Waals surface area contributed by atoms with Crippen LogP contribution in [-0.2, 0) is 10.3 Å². The van der Waals surface area contributed by atoms with Gasteiger partial charge in [0.15, 0.2) is 5.13 Å². The van der Waals surface area contributed by atoms with Crippen LogP contribution in [0.25, 0.3) is 0 Å². The van der Waals surface area contributed by atoms with Crippen LogP contribution < -0.4 is 16.0 Å². The van der Waals surface area contributed by atoms with Crippen molar-refractivity contribution in [1.82, 2.24) is 20.3 Å². The van der Waals surface area contributed by atoms with Crippen molar-refractivity contribution in [3.05, 3.63) is 23.0 Å². The van der Waals surface area contributed by atoms with Crippen LogP contribution in [0.3, 0.4) is 0 Å². The van der Waals surface area contributed by atoms with Gasteiger partial charge in [0.25, 0.3) is 5.91 Å². The molecule has 1 amide bonds. The summed E-state index contributed by atoms with van der Waals surface area (Å²) in [4.78, 5) is 26.6. The zero-order valence-corrected chi connectivity index (χ0v) is 16.5. The largest absolute Gasteiger partial charge is 0.379 e. The molecule has 9 heteroatoms. The summed E-state index contributed by atoms with van der Waals surface area (Å²) in [7, 11) is 0. The summed E-state index contributed by atoms with van der Waals surface area (Å²) in [6.45, 7) is 1.53. The average Bonchev–Trinajstić information content (AvgIpc) is 3.23. The van der Waals surface area contributed by atoms with Gasteiger partial charge in [0.1, 0.15) is 22.8 Å². The normalized spacial score (nSPS) is 23.3. The maximum atomic E-state index is 12.5. The molecule has 1 saturated heterocycles. The molecule has 148 valence electrons. The second-order valence-corrected chi connectivity index (χ2v) is 8.76. The number of rotatable bonds is 4. The summed E-state index contributed by atoms with van der Waals surface area (Å²) in [5.41, 5.74) is 0.650. The van der Waals surface area contributed by atoms with Crippen LogP contribution >= 0.6 is 11.3 Å². The highest BCUT2D eigenvalue weighted by atomic mass is 32.1. The van der Waals surface area contributed by atoms with Gasteiger partial charge in [-0.3, -0.25) is 4.79 Å². The van der Waals surface area contributed by atoms with Gasteiger partial charge in [-0.2, -0.15) is 0 Å². The monoisotopic (exact) mass is 400 g/mol. The third-order valence-corrected chi connectivity index (χ3v) is 6.73. The molecular formula is C19H24N6O2S.